The topological polar surface area (TPSA) is 52.3 Å². The molecule has 0 aliphatic rings. The first-order valence-electron chi connectivity index (χ1n) is 4.61. The van der Waals surface area contributed by atoms with E-state index in [1.165, 1.54) is 0 Å². The highest BCUT2D eigenvalue weighted by atomic mass is 35.5. The summed E-state index contributed by atoms with van der Waals surface area (Å²) in [6.07, 6.45) is 0.250. The molecular formula is C11H18ClNO2. The highest BCUT2D eigenvalue weighted by Gasteiger charge is 1.95. The molecule has 0 saturated carbocycles. The van der Waals surface area contributed by atoms with E-state index in [0.717, 1.165) is 16.3 Å². The second-order valence-electron chi connectivity index (χ2n) is 2.25. The molecule has 3 nitrogen and oxygen atoms in total. The normalized spacial score (nSPS) is 7.53. The molecule has 0 spiro atoms. The van der Waals surface area contributed by atoms with Gasteiger partial charge < -0.3 is 10.5 Å². The predicted octanol–water partition coefficient (Wildman–Crippen LogP) is 2.78. The minimum Gasteiger partial charge on any atom is -0.496 e. The maximum absolute atomic E-state index is 8.58. The van der Waals surface area contributed by atoms with Crippen LogP contribution in [0.5, 0.6) is 5.75 Å². The number of amides is 1. The lowest BCUT2D eigenvalue weighted by molar-refractivity contribution is -0.106. The Bertz CT molecular complexity index is 277. The molecule has 0 bridgehead atoms. The van der Waals surface area contributed by atoms with E-state index in [0.29, 0.717) is 0 Å². The molecule has 1 amide bonds. The Morgan fingerprint density at radius 1 is 1.40 bits per heavy atom. The van der Waals surface area contributed by atoms with Crippen LogP contribution in [0.2, 0.25) is 5.02 Å². The number of aryl methyl sites for hydroxylation is 1. The minimum absolute atomic E-state index is 0.250. The van der Waals surface area contributed by atoms with E-state index in [1.54, 1.807) is 7.11 Å². The van der Waals surface area contributed by atoms with Gasteiger partial charge >= 0.3 is 0 Å². The highest BCUT2D eigenvalue weighted by molar-refractivity contribution is 6.30. The summed E-state index contributed by atoms with van der Waals surface area (Å²) in [6, 6.07) is 5.55. The Morgan fingerprint density at radius 2 is 1.87 bits per heavy atom. The molecule has 0 saturated heterocycles. The molecule has 86 valence electrons. The number of benzene rings is 1. The SMILES string of the molecule is CC.COc1ccc(Cl)cc1C.NC=O. The molecule has 0 heterocycles. The van der Waals surface area contributed by atoms with Crippen molar-refractivity contribution in [1.29, 1.82) is 0 Å². The van der Waals surface area contributed by atoms with Crippen LogP contribution in [0.3, 0.4) is 0 Å². The minimum atomic E-state index is 0.250. The molecule has 0 unspecified atom stereocenters. The lowest BCUT2D eigenvalue weighted by Gasteiger charge is -2.02. The summed E-state index contributed by atoms with van der Waals surface area (Å²) in [5.41, 5.74) is 5.23. The Balaban J connectivity index is 0. The van der Waals surface area contributed by atoms with Gasteiger partial charge in [-0.25, -0.2) is 0 Å². The Kier molecular flexibility index (Phi) is 11.7. The van der Waals surface area contributed by atoms with Gasteiger partial charge in [-0.15, -0.1) is 0 Å². The van der Waals surface area contributed by atoms with E-state index in [2.05, 4.69) is 5.73 Å². The Hall–Kier alpha value is -1.22. The molecule has 0 radical (unpaired) electrons. The summed E-state index contributed by atoms with van der Waals surface area (Å²) in [4.78, 5) is 8.58. The molecule has 0 fully saturated rings. The summed E-state index contributed by atoms with van der Waals surface area (Å²) >= 11 is 5.72. The summed E-state index contributed by atoms with van der Waals surface area (Å²) in [5.74, 6) is 0.879. The second-order valence-corrected chi connectivity index (χ2v) is 2.69. The average molecular weight is 232 g/mol. The summed E-state index contributed by atoms with van der Waals surface area (Å²) in [7, 11) is 1.65. The summed E-state index contributed by atoms with van der Waals surface area (Å²) in [6.45, 7) is 5.96. The van der Waals surface area contributed by atoms with Crippen molar-refractivity contribution in [3.63, 3.8) is 0 Å². The number of halogens is 1. The molecule has 1 aromatic rings. The monoisotopic (exact) mass is 231 g/mol. The molecule has 0 aliphatic heterocycles. The maximum Gasteiger partial charge on any atom is 0.204 e. The molecule has 0 aromatic heterocycles. The number of ether oxygens (including phenoxy) is 1. The highest BCUT2D eigenvalue weighted by Crippen LogP contribution is 2.20. The first-order valence-corrected chi connectivity index (χ1v) is 4.99. The van der Waals surface area contributed by atoms with Crippen molar-refractivity contribution in [2.24, 2.45) is 5.73 Å². The number of methoxy groups -OCH3 is 1. The quantitative estimate of drug-likeness (QED) is 0.756. The van der Waals surface area contributed by atoms with Gasteiger partial charge in [-0.2, -0.15) is 0 Å². The largest absolute Gasteiger partial charge is 0.496 e. The van der Waals surface area contributed by atoms with Gasteiger partial charge in [0.2, 0.25) is 6.41 Å². The zero-order valence-electron chi connectivity index (χ0n) is 9.58. The van der Waals surface area contributed by atoms with Crippen LogP contribution in [-0.4, -0.2) is 13.5 Å². The number of hydrogen-bond acceptors (Lipinski definition) is 2. The fraction of sp³-hybridized carbons (Fsp3) is 0.364. The third-order valence-electron chi connectivity index (χ3n) is 1.36. The van der Waals surface area contributed by atoms with Gasteiger partial charge in [-0.3, -0.25) is 4.79 Å². The summed E-state index contributed by atoms with van der Waals surface area (Å²) < 4.78 is 5.04. The molecule has 1 rings (SSSR count). The Labute approximate surface area is 96.2 Å². The fourth-order valence-corrected chi connectivity index (χ4v) is 1.07. The van der Waals surface area contributed by atoms with Gasteiger partial charge in [-0.1, -0.05) is 25.4 Å². The lowest BCUT2D eigenvalue weighted by atomic mass is 10.2. The van der Waals surface area contributed by atoms with Crippen LogP contribution in [0.1, 0.15) is 19.4 Å². The van der Waals surface area contributed by atoms with Crippen LogP contribution in [0, 0.1) is 6.92 Å². The standard InChI is InChI=1S/C8H9ClO.C2H6.CH3NO/c1-6-5-7(9)3-4-8(6)10-2;1-2;2-1-3/h3-5H,1-2H3;1-2H3;1H,(H2,2,3). The van der Waals surface area contributed by atoms with E-state index >= 15 is 0 Å². The summed E-state index contributed by atoms with van der Waals surface area (Å²) in [5, 5.41) is 0.748. The van der Waals surface area contributed by atoms with Gasteiger partial charge in [0.15, 0.2) is 0 Å². The average Bonchev–Trinajstić information content (AvgIpc) is 2.22. The van der Waals surface area contributed by atoms with Crippen molar-refractivity contribution < 1.29 is 9.53 Å². The van der Waals surface area contributed by atoms with Crippen LogP contribution in [0.4, 0.5) is 0 Å². The van der Waals surface area contributed by atoms with Crippen molar-refractivity contribution in [3.05, 3.63) is 28.8 Å². The number of carbonyl (C=O) groups is 1. The third kappa shape index (κ3) is 7.82. The molecule has 15 heavy (non-hydrogen) atoms. The van der Waals surface area contributed by atoms with Gasteiger partial charge in [-0.05, 0) is 30.7 Å². The zero-order valence-corrected chi connectivity index (χ0v) is 10.3. The van der Waals surface area contributed by atoms with Gasteiger partial charge in [0, 0.05) is 5.02 Å². The number of carbonyl (C=O) groups excluding carboxylic acids is 1. The molecule has 0 aliphatic carbocycles. The molecule has 2 N–H and O–H groups in total. The van der Waals surface area contributed by atoms with Crippen molar-refractivity contribution in [3.8, 4) is 5.75 Å². The van der Waals surface area contributed by atoms with E-state index in [9.17, 15) is 0 Å². The van der Waals surface area contributed by atoms with Gasteiger partial charge in [0.05, 0.1) is 7.11 Å². The van der Waals surface area contributed by atoms with E-state index in [-0.39, 0.29) is 6.41 Å². The second kappa shape index (κ2) is 10.9. The first kappa shape index (κ1) is 16.2. The number of hydrogen-bond donors (Lipinski definition) is 1. The predicted molar refractivity (Wildman–Crippen MR) is 64.3 cm³/mol. The van der Waals surface area contributed by atoms with Crippen molar-refractivity contribution >= 4 is 18.0 Å². The lowest BCUT2D eigenvalue weighted by Crippen LogP contribution is -1.85. The van der Waals surface area contributed by atoms with Crippen molar-refractivity contribution in [2.75, 3.05) is 7.11 Å². The Morgan fingerprint density at radius 3 is 2.20 bits per heavy atom. The van der Waals surface area contributed by atoms with E-state index in [4.69, 9.17) is 21.1 Å². The van der Waals surface area contributed by atoms with Crippen LogP contribution in [0.25, 0.3) is 0 Å². The van der Waals surface area contributed by atoms with Crippen molar-refractivity contribution in [2.45, 2.75) is 20.8 Å². The molecule has 0 atom stereocenters. The molecule has 4 heteroatoms. The van der Waals surface area contributed by atoms with Crippen LogP contribution < -0.4 is 10.5 Å². The first-order chi connectivity index (χ1) is 7.15. The number of primary amides is 1. The molecular weight excluding hydrogens is 214 g/mol. The van der Waals surface area contributed by atoms with Crippen LogP contribution in [0.15, 0.2) is 18.2 Å². The maximum atomic E-state index is 8.58. The van der Waals surface area contributed by atoms with Gasteiger partial charge in [0.1, 0.15) is 5.75 Å². The number of rotatable bonds is 1. The zero-order chi connectivity index (χ0) is 12.3. The van der Waals surface area contributed by atoms with Crippen LogP contribution >= 0.6 is 11.6 Å². The smallest absolute Gasteiger partial charge is 0.204 e. The number of nitrogens with two attached hydrogens (primary N) is 1. The molecule has 1 aromatic carbocycles. The third-order valence-corrected chi connectivity index (χ3v) is 1.59. The van der Waals surface area contributed by atoms with E-state index in [1.807, 2.05) is 39.0 Å². The van der Waals surface area contributed by atoms with Crippen molar-refractivity contribution in [1.82, 2.24) is 0 Å². The van der Waals surface area contributed by atoms with Crippen LogP contribution in [-0.2, 0) is 4.79 Å². The van der Waals surface area contributed by atoms with E-state index < -0.39 is 0 Å². The van der Waals surface area contributed by atoms with Gasteiger partial charge in [0.25, 0.3) is 0 Å². The fourth-order valence-electron chi connectivity index (χ4n) is 0.842.